The average Bonchev–Trinajstić information content (AvgIpc) is 2.46. The summed E-state index contributed by atoms with van der Waals surface area (Å²) in [6.07, 6.45) is 0.129. The number of halogens is 1. The van der Waals surface area contributed by atoms with Crippen LogP contribution >= 0.6 is 0 Å². The van der Waals surface area contributed by atoms with Gasteiger partial charge in [0.15, 0.2) is 0 Å². The third-order valence-electron chi connectivity index (χ3n) is 2.88. The van der Waals surface area contributed by atoms with Crippen LogP contribution in [-0.4, -0.2) is 19.2 Å². The molecule has 0 amide bonds. The molecule has 0 aromatic heterocycles. The Hall–Kier alpha value is -2.23. The zero-order valence-corrected chi connectivity index (χ0v) is 12.4. The number of hydrogen-bond donors (Lipinski definition) is 2. The second-order valence-corrected chi connectivity index (χ2v) is 5.00. The van der Waals surface area contributed by atoms with E-state index in [9.17, 15) is 4.39 Å². The molecule has 2 aromatic rings. The van der Waals surface area contributed by atoms with Crippen molar-refractivity contribution < 1.29 is 9.13 Å². The maximum absolute atomic E-state index is 13.4. The standard InChI is InChI=1S/C17H21FN2O/c1-13(2)21-17-10-6-5-9-16(17)20-12-11-19-15-8-4-3-7-14(15)18/h3-10,13,19-20H,11-12H2,1-2H3. The first-order valence-electron chi connectivity index (χ1n) is 7.15. The molecule has 2 N–H and O–H groups in total. The predicted molar refractivity (Wildman–Crippen MR) is 85.6 cm³/mol. The van der Waals surface area contributed by atoms with Gasteiger partial charge in [-0.05, 0) is 38.1 Å². The summed E-state index contributed by atoms with van der Waals surface area (Å²) >= 11 is 0. The molecule has 0 radical (unpaired) electrons. The van der Waals surface area contributed by atoms with Gasteiger partial charge in [0.2, 0.25) is 0 Å². The van der Waals surface area contributed by atoms with E-state index in [1.807, 2.05) is 44.2 Å². The smallest absolute Gasteiger partial charge is 0.146 e. The summed E-state index contributed by atoms with van der Waals surface area (Å²) < 4.78 is 19.2. The van der Waals surface area contributed by atoms with Gasteiger partial charge in [0.1, 0.15) is 11.6 Å². The normalized spacial score (nSPS) is 10.5. The third kappa shape index (κ3) is 4.67. The highest BCUT2D eigenvalue weighted by Crippen LogP contribution is 2.24. The Morgan fingerprint density at radius 3 is 2.14 bits per heavy atom. The van der Waals surface area contributed by atoms with Crippen LogP contribution in [0.25, 0.3) is 0 Å². The first-order valence-corrected chi connectivity index (χ1v) is 7.15. The highest BCUT2D eigenvalue weighted by molar-refractivity contribution is 5.56. The van der Waals surface area contributed by atoms with Crippen molar-refractivity contribution in [3.05, 3.63) is 54.3 Å². The molecule has 3 nitrogen and oxygen atoms in total. The SMILES string of the molecule is CC(C)Oc1ccccc1NCCNc1ccccc1F. The molecular weight excluding hydrogens is 267 g/mol. The molecule has 0 aliphatic rings. The van der Waals surface area contributed by atoms with E-state index in [0.29, 0.717) is 18.8 Å². The zero-order chi connectivity index (χ0) is 15.1. The summed E-state index contributed by atoms with van der Waals surface area (Å²) in [4.78, 5) is 0. The fourth-order valence-electron chi connectivity index (χ4n) is 1.97. The van der Waals surface area contributed by atoms with E-state index in [1.165, 1.54) is 6.07 Å². The number of para-hydroxylation sites is 3. The van der Waals surface area contributed by atoms with Crippen molar-refractivity contribution >= 4 is 11.4 Å². The molecule has 21 heavy (non-hydrogen) atoms. The topological polar surface area (TPSA) is 33.3 Å². The summed E-state index contributed by atoms with van der Waals surface area (Å²) in [6, 6.07) is 14.5. The van der Waals surface area contributed by atoms with E-state index in [4.69, 9.17) is 4.74 Å². The minimum absolute atomic E-state index is 0.129. The van der Waals surface area contributed by atoms with E-state index < -0.39 is 0 Å². The molecule has 4 heteroatoms. The molecule has 0 aliphatic carbocycles. The van der Waals surface area contributed by atoms with Crippen LogP contribution in [0.3, 0.4) is 0 Å². The van der Waals surface area contributed by atoms with Crippen LogP contribution in [0.1, 0.15) is 13.8 Å². The van der Waals surface area contributed by atoms with Gasteiger partial charge in [-0.25, -0.2) is 4.39 Å². The fraction of sp³-hybridized carbons (Fsp3) is 0.294. The van der Waals surface area contributed by atoms with Crippen LogP contribution in [0.15, 0.2) is 48.5 Å². The Morgan fingerprint density at radius 1 is 0.905 bits per heavy atom. The van der Waals surface area contributed by atoms with Gasteiger partial charge in [0, 0.05) is 13.1 Å². The first-order chi connectivity index (χ1) is 10.2. The molecule has 0 bridgehead atoms. The second-order valence-electron chi connectivity index (χ2n) is 5.00. The Bertz CT molecular complexity index is 572. The minimum Gasteiger partial charge on any atom is -0.489 e. The lowest BCUT2D eigenvalue weighted by atomic mass is 10.3. The van der Waals surface area contributed by atoms with Crippen LogP contribution < -0.4 is 15.4 Å². The van der Waals surface area contributed by atoms with E-state index in [0.717, 1.165) is 11.4 Å². The Labute approximate surface area is 125 Å². The van der Waals surface area contributed by atoms with Crippen LogP contribution in [0.5, 0.6) is 5.75 Å². The number of ether oxygens (including phenoxy) is 1. The highest BCUT2D eigenvalue weighted by Gasteiger charge is 2.04. The molecular formula is C17H21FN2O. The van der Waals surface area contributed by atoms with Gasteiger partial charge in [-0.1, -0.05) is 24.3 Å². The molecule has 0 fully saturated rings. The van der Waals surface area contributed by atoms with Crippen LogP contribution in [0, 0.1) is 5.82 Å². The Morgan fingerprint density at radius 2 is 1.48 bits per heavy atom. The molecule has 0 aliphatic heterocycles. The van der Waals surface area contributed by atoms with E-state index in [1.54, 1.807) is 12.1 Å². The van der Waals surface area contributed by atoms with E-state index in [-0.39, 0.29) is 11.9 Å². The number of benzene rings is 2. The van der Waals surface area contributed by atoms with Gasteiger partial charge in [-0.2, -0.15) is 0 Å². The van der Waals surface area contributed by atoms with Gasteiger partial charge >= 0.3 is 0 Å². The fourth-order valence-corrected chi connectivity index (χ4v) is 1.97. The number of nitrogens with one attached hydrogen (secondary N) is 2. The highest BCUT2D eigenvalue weighted by atomic mass is 19.1. The molecule has 112 valence electrons. The first kappa shape index (κ1) is 15.2. The van der Waals surface area contributed by atoms with Crippen molar-refractivity contribution in [3.8, 4) is 5.75 Å². The average molecular weight is 288 g/mol. The quantitative estimate of drug-likeness (QED) is 0.751. The van der Waals surface area contributed by atoms with Crippen molar-refractivity contribution in [2.24, 2.45) is 0 Å². The van der Waals surface area contributed by atoms with Crippen molar-refractivity contribution in [1.82, 2.24) is 0 Å². The monoisotopic (exact) mass is 288 g/mol. The van der Waals surface area contributed by atoms with Crippen LogP contribution in [0.2, 0.25) is 0 Å². The summed E-state index contributed by atoms with van der Waals surface area (Å²) in [6.45, 7) is 5.29. The van der Waals surface area contributed by atoms with Crippen LogP contribution in [0.4, 0.5) is 15.8 Å². The van der Waals surface area contributed by atoms with Crippen molar-refractivity contribution in [3.63, 3.8) is 0 Å². The number of anilines is 2. The lowest BCUT2D eigenvalue weighted by Gasteiger charge is -2.15. The summed E-state index contributed by atoms with van der Waals surface area (Å²) in [7, 11) is 0. The van der Waals surface area contributed by atoms with Gasteiger partial charge in [-0.15, -0.1) is 0 Å². The zero-order valence-electron chi connectivity index (χ0n) is 12.4. The molecule has 2 rings (SSSR count). The summed E-state index contributed by atoms with van der Waals surface area (Å²) in [5, 5.41) is 6.36. The van der Waals surface area contributed by atoms with Crippen LogP contribution in [-0.2, 0) is 0 Å². The maximum Gasteiger partial charge on any atom is 0.146 e. The molecule has 0 saturated carbocycles. The molecule has 2 aromatic carbocycles. The number of rotatable bonds is 7. The Kier molecular flexibility index (Phi) is 5.43. The summed E-state index contributed by atoms with van der Waals surface area (Å²) in [5.41, 5.74) is 1.47. The molecule has 0 unspecified atom stereocenters. The van der Waals surface area contributed by atoms with Crippen molar-refractivity contribution in [2.45, 2.75) is 20.0 Å². The molecule has 0 spiro atoms. The predicted octanol–water partition coefficient (Wildman–Crippen LogP) is 4.14. The minimum atomic E-state index is -0.235. The lowest BCUT2D eigenvalue weighted by molar-refractivity contribution is 0.243. The van der Waals surface area contributed by atoms with Gasteiger partial charge in [0.05, 0.1) is 17.5 Å². The van der Waals surface area contributed by atoms with Crippen molar-refractivity contribution in [1.29, 1.82) is 0 Å². The van der Waals surface area contributed by atoms with E-state index >= 15 is 0 Å². The maximum atomic E-state index is 13.4. The van der Waals surface area contributed by atoms with Gasteiger partial charge in [-0.3, -0.25) is 0 Å². The largest absolute Gasteiger partial charge is 0.489 e. The third-order valence-corrected chi connectivity index (χ3v) is 2.88. The lowest BCUT2D eigenvalue weighted by Crippen LogP contribution is -2.15. The summed E-state index contributed by atoms with van der Waals surface area (Å²) in [5.74, 6) is 0.597. The van der Waals surface area contributed by atoms with E-state index in [2.05, 4.69) is 10.6 Å². The second kappa shape index (κ2) is 7.53. The van der Waals surface area contributed by atoms with Gasteiger partial charge in [0.25, 0.3) is 0 Å². The van der Waals surface area contributed by atoms with Gasteiger partial charge < -0.3 is 15.4 Å². The molecule has 0 saturated heterocycles. The molecule has 0 atom stereocenters. The Balaban J connectivity index is 1.85. The number of hydrogen-bond acceptors (Lipinski definition) is 3. The molecule has 0 heterocycles. The van der Waals surface area contributed by atoms with Crippen molar-refractivity contribution in [2.75, 3.05) is 23.7 Å².